The molecule has 1 N–H and O–H groups in total. The third kappa shape index (κ3) is 8.31. The monoisotopic (exact) mass is 509 g/mol. The second-order valence-corrected chi connectivity index (χ2v) is 11.3. The fourth-order valence-corrected chi connectivity index (χ4v) is 4.47. The zero-order chi connectivity index (χ0) is 26.4. The van der Waals surface area contributed by atoms with Crippen LogP contribution in [0.5, 0.6) is 0 Å². The number of nitrogens with one attached hydrogen (secondary N) is 1. The quantitative estimate of drug-likeness (QED) is 0.527. The Morgan fingerprint density at radius 3 is 2.11 bits per heavy atom. The average molecular weight is 510 g/mol. The van der Waals surface area contributed by atoms with Crippen LogP contribution in [0.2, 0.25) is 0 Å². The van der Waals surface area contributed by atoms with E-state index in [9.17, 15) is 26.8 Å². The summed E-state index contributed by atoms with van der Waals surface area (Å²) in [5.74, 6) is -2.05. The lowest BCUT2D eigenvalue weighted by atomic mass is 10.1. The Labute approximate surface area is 206 Å². The summed E-state index contributed by atoms with van der Waals surface area (Å²) >= 11 is 0. The van der Waals surface area contributed by atoms with Crippen LogP contribution in [-0.2, 0) is 26.2 Å². The highest BCUT2D eigenvalue weighted by molar-refractivity contribution is 7.92. The minimum atomic E-state index is -3.81. The molecule has 0 aliphatic rings. The van der Waals surface area contributed by atoms with E-state index in [1.165, 1.54) is 41.3 Å². The molecule has 0 heterocycles. The summed E-state index contributed by atoms with van der Waals surface area (Å²) in [6, 6.07) is 10.6. The Hall–Kier alpha value is -3.01. The number of hydrogen-bond donors (Lipinski definition) is 1. The fourth-order valence-electron chi connectivity index (χ4n) is 3.50. The van der Waals surface area contributed by atoms with Gasteiger partial charge in [-0.05, 0) is 52.3 Å². The molecule has 192 valence electrons. The van der Waals surface area contributed by atoms with Gasteiger partial charge in [-0.2, -0.15) is 0 Å². The lowest BCUT2D eigenvalue weighted by Gasteiger charge is -2.32. The molecule has 0 radical (unpaired) electrons. The van der Waals surface area contributed by atoms with Gasteiger partial charge in [-0.25, -0.2) is 17.2 Å². The predicted octanol–water partition coefficient (Wildman–Crippen LogP) is 3.84. The van der Waals surface area contributed by atoms with Crippen molar-refractivity contribution in [3.63, 3.8) is 0 Å². The first-order chi connectivity index (χ1) is 16.2. The predicted molar refractivity (Wildman–Crippen MR) is 132 cm³/mol. The summed E-state index contributed by atoms with van der Waals surface area (Å²) in [6.45, 7) is 6.71. The van der Waals surface area contributed by atoms with E-state index in [4.69, 9.17) is 0 Å². The maximum Gasteiger partial charge on any atom is 0.242 e. The minimum Gasteiger partial charge on any atom is -0.350 e. The normalized spacial score (nSPS) is 12.7. The highest BCUT2D eigenvalue weighted by Crippen LogP contribution is 2.22. The van der Waals surface area contributed by atoms with Crippen molar-refractivity contribution in [1.29, 1.82) is 0 Å². The van der Waals surface area contributed by atoms with E-state index < -0.39 is 45.1 Å². The van der Waals surface area contributed by atoms with Gasteiger partial charge in [0.1, 0.15) is 17.7 Å². The molecule has 10 heteroatoms. The number of carbonyl (C=O) groups is 2. The third-order valence-electron chi connectivity index (χ3n) is 5.24. The number of rotatable bonds is 10. The van der Waals surface area contributed by atoms with E-state index >= 15 is 0 Å². The molecule has 2 aromatic carbocycles. The van der Waals surface area contributed by atoms with Crippen molar-refractivity contribution in [3.05, 3.63) is 65.7 Å². The summed E-state index contributed by atoms with van der Waals surface area (Å²) in [6.07, 6.45) is 0.911. The molecule has 0 saturated heterocycles. The van der Waals surface area contributed by atoms with Crippen molar-refractivity contribution < 1.29 is 26.8 Å². The molecule has 2 rings (SSSR count). The van der Waals surface area contributed by atoms with Crippen molar-refractivity contribution in [3.8, 4) is 0 Å². The number of nitrogens with zero attached hydrogens (tertiary/aromatic N) is 2. The lowest BCUT2D eigenvalue weighted by Crippen LogP contribution is -2.52. The van der Waals surface area contributed by atoms with Crippen LogP contribution < -0.4 is 9.62 Å². The van der Waals surface area contributed by atoms with Crippen LogP contribution in [0.3, 0.4) is 0 Å². The highest BCUT2D eigenvalue weighted by Gasteiger charge is 2.29. The maximum absolute atomic E-state index is 14.3. The lowest BCUT2D eigenvalue weighted by molar-refractivity contribution is -0.141. The molecule has 0 saturated carbocycles. The van der Waals surface area contributed by atoms with Gasteiger partial charge >= 0.3 is 0 Å². The van der Waals surface area contributed by atoms with E-state index in [1.54, 1.807) is 13.0 Å². The van der Waals surface area contributed by atoms with E-state index in [-0.39, 0.29) is 37.2 Å². The topological polar surface area (TPSA) is 86.8 Å². The van der Waals surface area contributed by atoms with Crippen molar-refractivity contribution in [2.24, 2.45) is 0 Å². The molecular formula is C25H33F2N3O4S. The first kappa shape index (κ1) is 28.2. The fraction of sp³-hybridized carbons (Fsp3) is 0.440. The molecular weight excluding hydrogens is 476 g/mol. The summed E-state index contributed by atoms with van der Waals surface area (Å²) in [5, 5.41) is 2.82. The Morgan fingerprint density at radius 1 is 1.00 bits per heavy atom. The zero-order valence-electron chi connectivity index (χ0n) is 20.7. The van der Waals surface area contributed by atoms with Crippen molar-refractivity contribution in [2.45, 2.75) is 58.7 Å². The molecule has 2 amide bonds. The molecule has 2 aromatic rings. The van der Waals surface area contributed by atoms with Gasteiger partial charge < -0.3 is 10.2 Å². The summed E-state index contributed by atoms with van der Waals surface area (Å²) in [5.41, 5.74) is -0.391. The van der Waals surface area contributed by atoms with Crippen LogP contribution in [0.1, 0.15) is 46.1 Å². The van der Waals surface area contributed by atoms with Gasteiger partial charge in [0, 0.05) is 30.6 Å². The Kier molecular flexibility index (Phi) is 9.37. The van der Waals surface area contributed by atoms with Crippen molar-refractivity contribution in [1.82, 2.24) is 10.2 Å². The molecule has 1 atom stereocenters. The molecule has 0 aliphatic heterocycles. The average Bonchev–Trinajstić information content (AvgIpc) is 2.74. The second kappa shape index (κ2) is 11.6. The van der Waals surface area contributed by atoms with E-state index in [0.717, 1.165) is 16.6 Å². The smallest absolute Gasteiger partial charge is 0.242 e. The van der Waals surface area contributed by atoms with Gasteiger partial charge in [-0.3, -0.25) is 13.9 Å². The Bertz CT molecular complexity index is 1150. The molecule has 0 aromatic heterocycles. The van der Waals surface area contributed by atoms with Crippen LogP contribution in [0.4, 0.5) is 14.5 Å². The standard InChI is InChI=1S/C25H33F2N3O4S/c1-18(24(32)28-25(2,3)4)29(17-19-11-6-7-12-20(19)26)23(31)15-10-16-30(35(5,33)34)22-14-9-8-13-21(22)27/h6-9,11-14,18H,10,15-17H2,1-5H3,(H,28,32)/t18-/m0/s1. The van der Waals surface area contributed by atoms with Gasteiger partial charge in [-0.1, -0.05) is 30.3 Å². The molecule has 0 bridgehead atoms. The van der Waals surface area contributed by atoms with Gasteiger partial charge in [0.25, 0.3) is 0 Å². The Balaban J connectivity index is 2.21. The first-order valence-electron chi connectivity index (χ1n) is 11.3. The minimum absolute atomic E-state index is 0.0711. The molecule has 0 aliphatic carbocycles. The van der Waals surface area contributed by atoms with Crippen LogP contribution in [0.25, 0.3) is 0 Å². The van der Waals surface area contributed by atoms with E-state index in [1.807, 2.05) is 20.8 Å². The molecule has 0 fully saturated rings. The number of anilines is 1. The molecule has 35 heavy (non-hydrogen) atoms. The summed E-state index contributed by atoms with van der Waals surface area (Å²) in [7, 11) is -3.81. The van der Waals surface area contributed by atoms with Gasteiger partial charge in [0.05, 0.1) is 11.9 Å². The van der Waals surface area contributed by atoms with Crippen LogP contribution >= 0.6 is 0 Å². The molecule has 0 spiro atoms. The van der Waals surface area contributed by atoms with E-state index in [2.05, 4.69) is 5.32 Å². The van der Waals surface area contributed by atoms with Gasteiger partial charge in [0.15, 0.2) is 0 Å². The summed E-state index contributed by atoms with van der Waals surface area (Å²) in [4.78, 5) is 27.2. The number of amides is 2. The number of para-hydroxylation sites is 1. The van der Waals surface area contributed by atoms with Crippen LogP contribution in [0.15, 0.2) is 48.5 Å². The molecule has 7 nitrogen and oxygen atoms in total. The van der Waals surface area contributed by atoms with Gasteiger partial charge in [-0.15, -0.1) is 0 Å². The number of carbonyl (C=O) groups excluding carboxylic acids is 2. The van der Waals surface area contributed by atoms with Crippen LogP contribution in [0, 0.1) is 11.6 Å². The maximum atomic E-state index is 14.3. The van der Waals surface area contributed by atoms with E-state index in [0.29, 0.717) is 0 Å². The van der Waals surface area contributed by atoms with Crippen molar-refractivity contribution in [2.75, 3.05) is 17.1 Å². The number of hydrogen-bond acceptors (Lipinski definition) is 4. The zero-order valence-corrected chi connectivity index (χ0v) is 21.5. The second-order valence-electron chi connectivity index (χ2n) is 9.42. The highest BCUT2D eigenvalue weighted by atomic mass is 32.2. The largest absolute Gasteiger partial charge is 0.350 e. The first-order valence-corrected chi connectivity index (χ1v) is 13.1. The third-order valence-corrected chi connectivity index (χ3v) is 6.42. The molecule has 0 unspecified atom stereocenters. The van der Waals surface area contributed by atoms with Crippen LogP contribution in [-0.4, -0.2) is 49.5 Å². The SMILES string of the molecule is C[C@@H](C(=O)NC(C)(C)C)N(Cc1ccccc1F)C(=O)CCCN(c1ccccc1F)S(C)(=O)=O. The van der Waals surface area contributed by atoms with Gasteiger partial charge in [0.2, 0.25) is 21.8 Å². The number of benzene rings is 2. The van der Waals surface area contributed by atoms with Crippen molar-refractivity contribution >= 4 is 27.5 Å². The Morgan fingerprint density at radius 2 is 1.57 bits per heavy atom. The number of halogens is 2. The number of sulfonamides is 1. The summed E-state index contributed by atoms with van der Waals surface area (Å²) < 4.78 is 54.0.